The van der Waals surface area contributed by atoms with E-state index in [1.165, 1.54) is 24.9 Å². The van der Waals surface area contributed by atoms with Gasteiger partial charge in [0.25, 0.3) is 0 Å². The second-order valence-corrected chi connectivity index (χ2v) is 4.88. The topological polar surface area (TPSA) is 30.5 Å². The highest BCUT2D eigenvalue weighted by Crippen LogP contribution is 2.31. The minimum absolute atomic E-state index is 0.662. The molecule has 3 heteroatoms. The Balaban J connectivity index is 1.51. The van der Waals surface area contributed by atoms with Crippen LogP contribution in [0.4, 0.5) is 0 Å². The van der Waals surface area contributed by atoms with Crippen LogP contribution in [-0.2, 0) is 6.42 Å². The Labute approximate surface area is 102 Å². The zero-order chi connectivity index (χ0) is 11.5. The molecule has 0 atom stereocenters. The van der Waals surface area contributed by atoms with Crippen LogP contribution in [0.15, 0.2) is 18.2 Å². The molecule has 2 aliphatic rings. The van der Waals surface area contributed by atoms with Gasteiger partial charge < -0.3 is 14.8 Å². The zero-order valence-corrected chi connectivity index (χ0v) is 10.1. The molecule has 1 fully saturated rings. The number of rotatable bonds is 5. The van der Waals surface area contributed by atoms with Crippen LogP contribution < -0.4 is 14.8 Å². The highest BCUT2D eigenvalue weighted by molar-refractivity contribution is 5.43. The smallest absolute Gasteiger partial charge is 0.161 e. The van der Waals surface area contributed by atoms with Gasteiger partial charge in [0.1, 0.15) is 13.2 Å². The Morgan fingerprint density at radius 2 is 1.94 bits per heavy atom. The van der Waals surface area contributed by atoms with Crippen molar-refractivity contribution in [2.45, 2.75) is 19.3 Å². The summed E-state index contributed by atoms with van der Waals surface area (Å²) < 4.78 is 11.1. The summed E-state index contributed by atoms with van der Waals surface area (Å²) >= 11 is 0. The molecule has 0 radical (unpaired) electrons. The summed E-state index contributed by atoms with van der Waals surface area (Å²) in [6.07, 6.45) is 3.89. The lowest BCUT2D eigenvalue weighted by Gasteiger charge is -2.18. The van der Waals surface area contributed by atoms with Crippen molar-refractivity contribution >= 4 is 0 Å². The van der Waals surface area contributed by atoms with Gasteiger partial charge in [0.2, 0.25) is 0 Å². The fourth-order valence-electron chi connectivity index (χ4n) is 2.10. The van der Waals surface area contributed by atoms with Gasteiger partial charge in [-0.25, -0.2) is 0 Å². The van der Waals surface area contributed by atoms with E-state index in [9.17, 15) is 0 Å². The van der Waals surface area contributed by atoms with Crippen LogP contribution >= 0.6 is 0 Å². The molecule has 3 nitrogen and oxygen atoms in total. The van der Waals surface area contributed by atoms with E-state index in [1.54, 1.807) is 0 Å². The van der Waals surface area contributed by atoms with Crippen molar-refractivity contribution in [1.82, 2.24) is 5.32 Å². The second-order valence-electron chi connectivity index (χ2n) is 4.88. The first-order valence-corrected chi connectivity index (χ1v) is 6.51. The van der Waals surface area contributed by atoms with Gasteiger partial charge in [0.05, 0.1) is 0 Å². The predicted octanol–water partition coefficient (Wildman–Crippen LogP) is 2.00. The molecule has 1 N–H and O–H groups in total. The molecule has 1 aliphatic heterocycles. The summed E-state index contributed by atoms with van der Waals surface area (Å²) in [5.74, 6) is 2.73. The maximum absolute atomic E-state index is 5.57. The monoisotopic (exact) mass is 233 g/mol. The molecule has 1 heterocycles. The molecule has 1 aromatic carbocycles. The fourth-order valence-corrected chi connectivity index (χ4v) is 2.10. The molecule has 0 spiro atoms. The third kappa shape index (κ3) is 2.91. The van der Waals surface area contributed by atoms with Gasteiger partial charge in [-0.05, 0) is 56.0 Å². The van der Waals surface area contributed by atoms with Crippen LogP contribution in [0.2, 0.25) is 0 Å². The van der Waals surface area contributed by atoms with Crippen LogP contribution in [0.5, 0.6) is 11.5 Å². The van der Waals surface area contributed by atoms with Crippen LogP contribution in [-0.4, -0.2) is 26.3 Å². The van der Waals surface area contributed by atoms with E-state index in [0.717, 1.165) is 30.4 Å². The summed E-state index contributed by atoms with van der Waals surface area (Å²) in [4.78, 5) is 0. The van der Waals surface area contributed by atoms with Crippen LogP contribution in [0.3, 0.4) is 0 Å². The van der Waals surface area contributed by atoms with Gasteiger partial charge in [-0.15, -0.1) is 0 Å². The van der Waals surface area contributed by atoms with Gasteiger partial charge in [-0.3, -0.25) is 0 Å². The summed E-state index contributed by atoms with van der Waals surface area (Å²) in [6, 6.07) is 6.25. The Kier molecular flexibility index (Phi) is 3.18. The Hall–Kier alpha value is -1.22. The highest BCUT2D eigenvalue weighted by Gasteiger charge is 2.20. The number of benzene rings is 1. The van der Waals surface area contributed by atoms with Crippen molar-refractivity contribution in [3.8, 4) is 11.5 Å². The Morgan fingerprint density at radius 1 is 1.12 bits per heavy atom. The van der Waals surface area contributed by atoms with Crippen molar-refractivity contribution in [3.63, 3.8) is 0 Å². The molecule has 92 valence electrons. The fraction of sp³-hybridized carbons (Fsp3) is 0.571. The molecule has 0 saturated heterocycles. The molecule has 3 rings (SSSR count). The Morgan fingerprint density at radius 3 is 2.76 bits per heavy atom. The molecule has 17 heavy (non-hydrogen) atoms. The maximum atomic E-state index is 5.57. The number of fused-ring (bicyclic) bond motifs is 1. The zero-order valence-electron chi connectivity index (χ0n) is 10.1. The molecule has 0 unspecified atom stereocenters. The minimum atomic E-state index is 0.662. The van der Waals surface area contributed by atoms with Gasteiger partial charge in [-0.1, -0.05) is 6.07 Å². The lowest BCUT2D eigenvalue weighted by molar-refractivity contribution is 0.171. The highest BCUT2D eigenvalue weighted by atomic mass is 16.6. The van der Waals surface area contributed by atoms with E-state index in [2.05, 4.69) is 17.4 Å². The molecular weight excluding hydrogens is 214 g/mol. The van der Waals surface area contributed by atoms with Crippen molar-refractivity contribution in [2.75, 3.05) is 26.3 Å². The van der Waals surface area contributed by atoms with Gasteiger partial charge in [0, 0.05) is 0 Å². The molecular formula is C14H19NO2. The van der Waals surface area contributed by atoms with Crippen LogP contribution in [0, 0.1) is 5.92 Å². The third-order valence-corrected chi connectivity index (χ3v) is 3.33. The quantitative estimate of drug-likeness (QED) is 0.789. The van der Waals surface area contributed by atoms with Crippen molar-refractivity contribution < 1.29 is 9.47 Å². The normalized spacial score (nSPS) is 18.1. The minimum Gasteiger partial charge on any atom is -0.486 e. The Bertz CT molecular complexity index is 388. The predicted molar refractivity (Wildman–Crippen MR) is 66.7 cm³/mol. The number of hydrogen-bond donors (Lipinski definition) is 1. The van der Waals surface area contributed by atoms with Gasteiger partial charge in [-0.2, -0.15) is 0 Å². The van der Waals surface area contributed by atoms with Crippen molar-refractivity contribution in [1.29, 1.82) is 0 Å². The average Bonchev–Trinajstić information content (AvgIpc) is 3.18. The summed E-state index contributed by atoms with van der Waals surface area (Å²) in [5.41, 5.74) is 1.32. The molecule has 0 aromatic heterocycles. The number of ether oxygens (including phenoxy) is 2. The van der Waals surface area contributed by atoms with E-state index in [1.807, 2.05) is 6.07 Å². The third-order valence-electron chi connectivity index (χ3n) is 3.33. The first-order valence-electron chi connectivity index (χ1n) is 6.51. The average molecular weight is 233 g/mol. The molecule has 1 aromatic rings. The van der Waals surface area contributed by atoms with E-state index < -0.39 is 0 Å². The second kappa shape index (κ2) is 4.96. The number of nitrogens with one attached hydrogen (secondary N) is 1. The lowest BCUT2D eigenvalue weighted by Crippen LogP contribution is -2.20. The SMILES string of the molecule is c1cc2c(cc1CCNCC1CC1)OCCO2. The molecule has 0 bridgehead atoms. The molecule has 1 aliphatic carbocycles. The van der Waals surface area contributed by atoms with E-state index in [0.29, 0.717) is 13.2 Å². The first-order chi connectivity index (χ1) is 8.42. The standard InChI is InChI=1S/C14H19NO2/c1-2-12(1)10-15-6-5-11-3-4-13-14(9-11)17-8-7-16-13/h3-4,9,12,15H,1-2,5-8,10H2. The van der Waals surface area contributed by atoms with Crippen molar-refractivity contribution in [2.24, 2.45) is 5.92 Å². The van der Waals surface area contributed by atoms with E-state index in [4.69, 9.17) is 9.47 Å². The lowest BCUT2D eigenvalue weighted by atomic mass is 10.1. The van der Waals surface area contributed by atoms with Gasteiger partial charge in [0.15, 0.2) is 11.5 Å². The van der Waals surface area contributed by atoms with Crippen molar-refractivity contribution in [3.05, 3.63) is 23.8 Å². The van der Waals surface area contributed by atoms with Gasteiger partial charge >= 0.3 is 0 Å². The van der Waals surface area contributed by atoms with E-state index in [-0.39, 0.29) is 0 Å². The number of hydrogen-bond acceptors (Lipinski definition) is 3. The first kappa shape index (κ1) is 10.9. The molecule has 1 saturated carbocycles. The van der Waals surface area contributed by atoms with Crippen LogP contribution in [0.1, 0.15) is 18.4 Å². The molecule has 0 amide bonds. The summed E-state index contributed by atoms with van der Waals surface area (Å²) in [7, 11) is 0. The maximum Gasteiger partial charge on any atom is 0.161 e. The van der Waals surface area contributed by atoms with Crippen LogP contribution in [0.25, 0.3) is 0 Å². The largest absolute Gasteiger partial charge is 0.486 e. The summed E-state index contributed by atoms with van der Waals surface area (Å²) in [5, 5.41) is 3.50. The van der Waals surface area contributed by atoms with E-state index >= 15 is 0 Å². The summed E-state index contributed by atoms with van der Waals surface area (Å²) in [6.45, 7) is 3.56.